The van der Waals surface area contributed by atoms with Crippen LogP contribution in [0, 0.1) is 0 Å². The van der Waals surface area contributed by atoms with Crippen molar-refractivity contribution >= 4 is 0 Å². The molecule has 0 saturated carbocycles. The molecule has 4 heteroatoms. The van der Waals surface area contributed by atoms with Crippen LogP contribution in [-0.4, -0.2) is 25.4 Å². The molecule has 3 aromatic rings. The molecule has 172 valence electrons. The zero-order valence-corrected chi connectivity index (χ0v) is 19.2. The summed E-state index contributed by atoms with van der Waals surface area (Å²) < 4.78 is 24.5. The Hall–Kier alpha value is -2.66. The summed E-state index contributed by atoms with van der Waals surface area (Å²) in [5.74, 6) is 0.892. The second-order valence-corrected chi connectivity index (χ2v) is 8.84. The van der Waals surface area contributed by atoms with Gasteiger partial charge in [-0.25, -0.2) is 0 Å². The fourth-order valence-electron chi connectivity index (χ4n) is 4.55. The zero-order chi connectivity index (χ0) is 22.5. The van der Waals surface area contributed by atoms with Gasteiger partial charge in [0.2, 0.25) is 0 Å². The summed E-state index contributed by atoms with van der Waals surface area (Å²) in [6.45, 7) is 3.46. The smallest absolute Gasteiger partial charge is 0.184 e. The molecule has 2 aliphatic rings. The van der Waals surface area contributed by atoms with E-state index in [1.807, 2.05) is 30.3 Å². The Labute approximate surface area is 196 Å². The van der Waals surface area contributed by atoms with E-state index in [1.165, 1.54) is 16.7 Å². The number of fused-ring (bicyclic) bond motifs is 1. The van der Waals surface area contributed by atoms with Crippen molar-refractivity contribution in [3.05, 3.63) is 90.0 Å². The van der Waals surface area contributed by atoms with E-state index in [2.05, 4.69) is 55.5 Å². The first-order chi connectivity index (χ1) is 16.3. The van der Waals surface area contributed by atoms with Gasteiger partial charge < -0.3 is 18.9 Å². The van der Waals surface area contributed by atoms with E-state index in [-0.39, 0.29) is 24.6 Å². The predicted octanol–water partition coefficient (Wildman–Crippen LogP) is 6.87. The van der Waals surface area contributed by atoms with Gasteiger partial charge in [-0.3, -0.25) is 0 Å². The van der Waals surface area contributed by atoms with Gasteiger partial charge in [-0.2, -0.15) is 0 Å². The third-order valence-corrected chi connectivity index (χ3v) is 6.49. The highest BCUT2D eigenvalue weighted by atomic mass is 16.7. The van der Waals surface area contributed by atoms with Crippen LogP contribution >= 0.6 is 0 Å². The van der Waals surface area contributed by atoms with Gasteiger partial charge in [0, 0.05) is 5.56 Å². The van der Waals surface area contributed by atoms with E-state index >= 15 is 0 Å². The van der Waals surface area contributed by atoms with Gasteiger partial charge in [0.15, 0.2) is 6.29 Å². The highest BCUT2D eigenvalue weighted by molar-refractivity contribution is 5.63. The molecule has 0 aromatic heterocycles. The molecule has 33 heavy (non-hydrogen) atoms. The first kappa shape index (κ1) is 22.1. The largest absolute Gasteiger partial charge is 0.494 e. The van der Waals surface area contributed by atoms with Crippen LogP contribution in [0.3, 0.4) is 0 Å². The average Bonchev–Trinajstić information content (AvgIpc) is 2.89. The van der Waals surface area contributed by atoms with Crippen LogP contribution in [0.2, 0.25) is 0 Å². The Balaban J connectivity index is 1.16. The molecule has 0 aliphatic carbocycles. The lowest BCUT2D eigenvalue weighted by Gasteiger charge is -2.42. The van der Waals surface area contributed by atoms with Crippen LogP contribution in [0.15, 0.2) is 78.9 Å². The van der Waals surface area contributed by atoms with Crippen LogP contribution in [0.4, 0.5) is 0 Å². The normalized spacial score (nSPS) is 24.8. The molecule has 5 rings (SSSR count). The summed E-state index contributed by atoms with van der Waals surface area (Å²) in [7, 11) is 0. The quantitative estimate of drug-likeness (QED) is 0.373. The van der Waals surface area contributed by atoms with Crippen molar-refractivity contribution in [3.63, 3.8) is 0 Å². The van der Waals surface area contributed by atoms with Crippen molar-refractivity contribution in [2.45, 2.75) is 57.2 Å². The highest BCUT2D eigenvalue weighted by Crippen LogP contribution is 2.39. The van der Waals surface area contributed by atoms with E-state index in [1.54, 1.807) is 0 Å². The van der Waals surface area contributed by atoms with Gasteiger partial charge in [-0.1, -0.05) is 80.1 Å². The van der Waals surface area contributed by atoms with Gasteiger partial charge >= 0.3 is 0 Å². The molecule has 0 N–H and O–H groups in total. The van der Waals surface area contributed by atoms with Crippen molar-refractivity contribution in [1.82, 2.24) is 0 Å². The molecule has 0 bridgehead atoms. The third-order valence-electron chi connectivity index (χ3n) is 6.49. The zero-order valence-electron chi connectivity index (χ0n) is 19.2. The maximum absolute atomic E-state index is 6.41. The summed E-state index contributed by atoms with van der Waals surface area (Å²) in [6, 6.07) is 27.2. The summed E-state index contributed by atoms with van der Waals surface area (Å²) >= 11 is 0. The lowest BCUT2D eigenvalue weighted by Crippen LogP contribution is -2.45. The Bertz CT molecular complexity index is 1000. The first-order valence-corrected chi connectivity index (χ1v) is 12.1. The van der Waals surface area contributed by atoms with Gasteiger partial charge in [-0.15, -0.1) is 0 Å². The number of hydrogen-bond acceptors (Lipinski definition) is 4. The lowest BCUT2D eigenvalue weighted by atomic mass is 9.94. The molecular weight excluding hydrogens is 412 g/mol. The summed E-state index contributed by atoms with van der Waals surface area (Å²) in [5.41, 5.74) is 4.69. The third kappa shape index (κ3) is 5.30. The van der Waals surface area contributed by atoms with Crippen molar-refractivity contribution in [1.29, 1.82) is 0 Å². The molecular formula is C29H32O4. The number of rotatable bonds is 7. The summed E-state index contributed by atoms with van der Waals surface area (Å²) in [6.07, 6.45) is 3.87. The topological polar surface area (TPSA) is 36.9 Å². The van der Waals surface area contributed by atoms with Crippen molar-refractivity contribution in [3.8, 4) is 16.9 Å². The number of unbranched alkanes of at least 4 members (excludes halogenated alkanes) is 1. The maximum atomic E-state index is 6.41. The molecule has 2 fully saturated rings. The lowest BCUT2D eigenvalue weighted by molar-refractivity contribution is -0.289. The van der Waals surface area contributed by atoms with Gasteiger partial charge in [0.05, 0.1) is 25.4 Å². The number of benzene rings is 3. The van der Waals surface area contributed by atoms with Crippen molar-refractivity contribution in [2.24, 2.45) is 0 Å². The van der Waals surface area contributed by atoms with Crippen LogP contribution in [-0.2, 0) is 14.2 Å². The standard InChI is InChI=1S/C29H32O4/c1-2-3-19-30-25-15-13-24(14-16-25)29-31-20-28-27(33-29)18-17-26(32-28)23-11-9-22(10-12-23)21-7-5-4-6-8-21/h4-16,26-29H,2-3,17-20H2,1H3/t26-,27+,28-,29-/m1/s1. The Morgan fingerprint density at radius 2 is 1.48 bits per heavy atom. The van der Waals surface area contributed by atoms with Crippen LogP contribution in [0.25, 0.3) is 11.1 Å². The first-order valence-electron chi connectivity index (χ1n) is 12.1. The second-order valence-electron chi connectivity index (χ2n) is 8.84. The van der Waals surface area contributed by atoms with Crippen molar-refractivity contribution < 1.29 is 18.9 Å². The number of hydrogen-bond donors (Lipinski definition) is 0. The molecule has 2 aliphatic heterocycles. The van der Waals surface area contributed by atoms with Gasteiger partial charge in [0.1, 0.15) is 11.9 Å². The molecule has 4 nitrogen and oxygen atoms in total. The fraction of sp³-hybridized carbons (Fsp3) is 0.379. The minimum Gasteiger partial charge on any atom is -0.494 e. The van der Waals surface area contributed by atoms with E-state index in [9.17, 15) is 0 Å². The molecule has 2 heterocycles. The van der Waals surface area contributed by atoms with Crippen LogP contribution in [0.1, 0.15) is 56.1 Å². The van der Waals surface area contributed by atoms with Crippen molar-refractivity contribution in [2.75, 3.05) is 13.2 Å². The SMILES string of the molecule is CCCCOc1ccc([C@@H]2OC[C@H]3O[C@@H](c4ccc(-c5ccccc5)cc4)CC[C@@H]3O2)cc1. The van der Waals surface area contributed by atoms with Crippen LogP contribution in [0.5, 0.6) is 5.75 Å². The Kier molecular flexibility index (Phi) is 7.06. The molecule has 4 atom stereocenters. The highest BCUT2D eigenvalue weighted by Gasteiger charge is 2.38. The predicted molar refractivity (Wildman–Crippen MR) is 129 cm³/mol. The summed E-state index contributed by atoms with van der Waals surface area (Å²) in [5, 5.41) is 0. The monoisotopic (exact) mass is 444 g/mol. The fourth-order valence-corrected chi connectivity index (χ4v) is 4.55. The maximum Gasteiger partial charge on any atom is 0.184 e. The van der Waals surface area contributed by atoms with Gasteiger partial charge in [-0.05, 0) is 48.1 Å². The minimum atomic E-state index is -0.346. The van der Waals surface area contributed by atoms with E-state index < -0.39 is 0 Å². The van der Waals surface area contributed by atoms with Gasteiger partial charge in [0.25, 0.3) is 0 Å². The minimum absolute atomic E-state index is 0.0366. The molecule has 3 aromatic carbocycles. The van der Waals surface area contributed by atoms with E-state index in [4.69, 9.17) is 18.9 Å². The van der Waals surface area contributed by atoms with E-state index in [0.29, 0.717) is 6.61 Å². The number of ether oxygens (including phenoxy) is 4. The van der Waals surface area contributed by atoms with Crippen LogP contribution < -0.4 is 4.74 Å². The Morgan fingerprint density at radius 3 is 2.24 bits per heavy atom. The molecule has 0 spiro atoms. The average molecular weight is 445 g/mol. The molecule has 0 unspecified atom stereocenters. The summed E-state index contributed by atoms with van der Waals surface area (Å²) in [4.78, 5) is 0. The molecule has 0 amide bonds. The van der Waals surface area contributed by atoms with E-state index in [0.717, 1.165) is 43.6 Å². The Morgan fingerprint density at radius 1 is 0.758 bits per heavy atom. The second kappa shape index (κ2) is 10.5. The molecule has 2 saturated heterocycles. The molecule has 0 radical (unpaired) electrons.